The van der Waals surface area contributed by atoms with Crippen molar-refractivity contribution in [1.82, 2.24) is 0 Å². The van der Waals surface area contributed by atoms with Gasteiger partial charge in [-0.2, -0.15) is 11.8 Å². The van der Waals surface area contributed by atoms with Crippen LogP contribution in [-0.2, 0) is 19.1 Å². The summed E-state index contributed by atoms with van der Waals surface area (Å²) < 4.78 is 10.7. The van der Waals surface area contributed by atoms with Gasteiger partial charge in [0, 0.05) is 23.3 Å². The summed E-state index contributed by atoms with van der Waals surface area (Å²) in [6.45, 7) is 11.9. The number of esters is 2. The van der Waals surface area contributed by atoms with Crippen molar-refractivity contribution >= 4 is 23.7 Å². The van der Waals surface area contributed by atoms with Gasteiger partial charge in [-0.15, -0.1) is 0 Å². The van der Waals surface area contributed by atoms with E-state index in [9.17, 15) is 9.59 Å². The van der Waals surface area contributed by atoms with Gasteiger partial charge in [0.05, 0.1) is 13.0 Å². The van der Waals surface area contributed by atoms with E-state index in [0.717, 1.165) is 18.6 Å². The number of carbonyl (C=O) groups excluding carboxylic acids is 2. The number of methoxy groups -OCH3 is 1. The molecule has 128 valence electrons. The van der Waals surface area contributed by atoms with Crippen LogP contribution in [-0.4, -0.2) is 35.1 Å². The summed E-state index contributed by atoms with van der Waals surface area (Å²) in [5.41, 5.74) is -0.489. The first-order chi connectivity index (χ1) is 10.00. The average Bonchev–Trinajstić information content (AvgIpc) is 2.69. The molecule has 0 aromatic heterocycles. The summed E-state index contributed by atoms with van der Waals surface area (Å²) in [5, 5.41) is 0. The number of carbonyl (C=O) groups is 2. The minimum Gasteiger partial charge on any atom is -0.469 e. The van der Waals surface area contributed by atoms with Gasteiger partial charge in [-0.05, 0) is 25.7 Å². The maximum atomic E-state index is 11.9. The van der Waals surface area contributed by atoms with E-state index in [1.165, 1.54) is 14.0 Å². The number of ether oxygens (including phenoxy) is 2. The Labute approximate surface area is 138 Å². The molecule has 4 atom stereocenters. The Bertz CT molecular complexity index is 415. The molecule has 1 fully saturated rings. The molecule has 4 nitrogen and oxygen atoms in total. The van der Waals surface area contributed by atoms with Crippen LogP contribution in [0.1, 0.15) is 54.4 Å². The van der Waals surface area contributed by atoms with Gasteiger partial charge in [-0.1, -0.05) is 27.7 Å². The zero-order chi connectivity index (χ0) is 17.1. The lowest BCUT2D eigenvalue weighted by molar-refractivity contribution is -0.159. The molecule has 5 heteroatoms. The fraction of sp³-hybridized carbons (Fsp3) is 0.882. The van der Waals surface area contributed by atoms with E-state index in [-0.39, 0.29) is 34.4 Å². The van der Waals surface area contributed by atoms with Crippen molar-refractivity contribution in [2.24, 2.45) is 17.8 Å². The van der Waals surface area contributed by atoms with E-state index in [1.54, 1.807) is 0 Å². The van der Waals surface area contributed by atoms with Crippen LogP contribution in [0.25, 0.3) is 0 Å². The molecule has 0 aliphatic heterocycles. The number of hydrogen-bond acceptors (Lipinski definition) is 5. The van der Waals surface area contributed by atoms with E-state index in [0.29, 0.717) is 0 Å². The highest BCUT2D eigenvalue weighted by molar-refractivity contribution is 8.00. The Morgan fingerprint density at radius 3 is 2.41 bits per heavy atom. The minimum atomic E-state index is -0.489. The predicted molar refractivity (Wildman–Crippen MR) is 89.8 cm³/mol. The summed E-state index contributed by atoms with van der Waals surface area (Å²) in [7, 11) is 1.43. The highest BCUT2D eigenvalue weighted by Crippen LogP contribution is 2.48. The van der Waals surface area contributed by atoms with Gasteiger partial charge in [0.2, 0.25) is 0 Å². The molecule has 0 aromatic rings. The number of rotatable bonds is 5. The lowest BCUT2D eigenvalue weighted by Crippen LogP contribution is -2.41. The minimum absolute atomic E-state index is 0.138. The van der Waals surface area contributed by atoms with Crippen LogP contribution < -0.4 is 0 Å². The first-order valence-electron chi connectivity index (χ1n) is 7.91. The van der Waals surface area contributed by atoms with Crippen LogP contribution in [0.3, 0.4) is 0 Å². The molecule has 0 aromatic carbocycles. The van der Waals surface area contributed by atoms with Gasteiger partial charge in [0.25, 0.3) is 0 Å². The van der Waals surface area contributed by atoms with Crippen molar-refractivity contribution in [3.63, 3.8) is 0 Å². The molecule has 0 saturated heterocycles. The SMILES string of the molecule is COC(=O)C(C)C1CC[C@@](C)(OC(C)=O)C1CSC(C)(C)C. The molecule has 0 N–H and O–H groups in total. The van der Waals surface area contributed by atoms with Gasteiger partial charge < -0.3 is 9.47 Å². The van der Waals surface area contributed by atoms with E-state index >= 15 is 0 Å². The second kappa shape index (κ2) is 7.24. The van der Waals surface area contributed by atoms with Crippen molar-refractivity contribution in [3.05, 3.63) is 0 Å². The fourth-order valence-corrected chi connectivity index (χ4v) is 4.63. The maximum absolute atomic E-state index is 11.9. The lowest BCUT2D eigenvalue weighted by atomic mass is 9.81. The van der Waals surface area contributed by atoms with Crippen molar-refractivity contribution in [2.75, 3.05) is 12.9 Å². The molecule has 0 bridgehead atoms. The molecule has 0 radical (unpaired) electrons. The maximum Gasteiger partial charge on any atom is 0.308 e. The summed E-state index contributed by atoms with van der Waals surface area (Å²) >= 11 is 1.86. The van der Waals surface area contributed by atoms with Gasteiger partial charge >= 0.3 is 11.9 Å². The van der Waals surface area contributed by atoms with Crippen molar-refractivity contribution in [2.45, 2.75) is 64.7 Å². The average molecular weight is 330 g/mol. The van der Waals surface area contributed by atoms with Crippen molar-refractivity contribution < 1.29 is 19.1 Å². The van der Waals surface area contributed by atoms with Gasteiger partial charge in [-0.3, -0.25) is 9.59 Å². The summed E-state index contributed by atoms with van der Waals surface area (Å²) in [5.74, 6) is 0.621. The number of hydrogen-bond donors (Lipinski definition) is 0. The van der Waals surface area contributed by atoms with Crippen molar-refractivity contribution in [3.8, 4) is 0 Å². The highest BCUT2D eigenvalue weighted by Gasteiger charge is 2.50. The molecule has 0 amide bonds. The molecule has 22 heavy (non-hydrogen) atoms. The van der Waals surface area contributed by atoms with Crippen molar-refractivity contribution in [1.29, 1.82) is 0 Å². The normalized spacial score (nSPS) is 30.0. The van der Waals surface area contributed by atoms with E-state index in [1.807, 2.05) is 25.6 Å². The quantitative estimate of drug-likeness (QED) is 0.720. The third kappa shape index (κ3) is 4.90. The van der Waals surface area contributed by atoms with Crippen LogP contribution in [0.2, 0.25) is 0 Å². The Hall–Kier alpha value is -0.710. The van der Waals surface area contributed by atoms with Gasteiger partial charge in [0.1, 0.15) is 5.60 Å². The molecular weight excluding hydrogens is 300 g/mol. The first-order valence-corrected chi connectivity index (χ1v) is 8.90. The molecule has 1 aliphatic carbocycles. The predicted octanol–water partition coefficient (Wildman–Crippen LogP) is 3.68. The summed E-state index contributed by atoms with van der Waals surface area (Å²) in [6.07, 6.45) is 1.68. The van der Waals surface area contributed by atoms with E-state index in [4.69, 9.17) is 9.47 Å². The second-order valence-electron chi connectivity index (χ2n) is 7.45. The van der Waals surface area contributed by atoms with E-state index in [2.05, 4.69) is 20.8 Å². The largest absolute Gasteiger partial charge is 0.469 e. The third-order valence-electron chi connectivity index (χ3n) is 4.56. The lowest BCUT2D eigenvalue weighted by Gasteiger charge is -2.36. The van der Waals surface area contributed by atoms with Crippen LogP contribution >= 0.6 is 11.8 Å². The van der Waals surface area contributed by atoms with Gasteiger partial charge in [0.15, 0.2) is 0 Å². The standard InChI is InChI=1S/C17H30O4S/c1-11(15(19)20-7)13-8-9-17(6,21-12(2)18)14(13)10-22-16(3,4)5/h11,13-14H,8-10H2,1-7H3/t11?,13?,14?,17-/m1/s1. The topological polar surface area (TPSA) is 52.6 Å². The van der Waals surface area contributed by atoms with Crippen LogP contribution in [0.15, 0.2) is 0 Å². The molecular formula is C17H30O4S. The molecule has 3 unspecified atom stereocenters. The molecule has 1 rings (SSSR count). The monoisotopic (exact) mass is 330 g/mol. The molecule has 0 heterocycles. The molecule has 1 saturated carbocycles. The van der Waals surface area contributed by atoms with Crippen LogP contribution in [0.4, 0.5) is 0 Å². The Balaban J connectivity index is 2.96. The fourth-order valence-electron chi connectivity index (χ4n) is 3.35. The number of thioether (sulfide) groups is 1. The Morgan fingerprint density at radius 1 is 1.36 bits per heavy atom. The van der Waals surface area contributed by atoms with Crippen LogP contribution in [0.5, 0.6) is 0 Å². The third-order valence-corrected chi connectivity index (χ3v) is 5.96. The smallest absolute Gasteiger partial charge is 0.308 e. The molecule has 0 spiro atoms. The Kier molecular flexibility index (Phi) is 6.36. The highest BCUT2D eigenvalue weighted by atomic mass is 32.2. The summed E-state index contributed by atoms with van der Waals surface area (Å²) in [4.78, 5) is 23.4. The first kappa shape index (κ1) is 19.3. The molecule has 1 aliphatic rings. The van der Waals surface area contributed by atoms with Gasteiger partial charge in [-0.25, -0.2) is 0 Å². The van der Waals surface area contributed by atoms with Crippen LogP contribution in [0, 0.1) is 17.8 Å². The zero-order valence-electron chi connectivity index (χ0n) is 14.9. The van der Waals surface area contributed by atoms with E-state index < -0.39 is 5.60 Å². The summed E-state index contributed by atoms with van der Waals surface area (Å²) in [6, 6.07) is 0. The Morgan fingerprint density at radius 2 is 1.95 bits per heavy atom. The second-order valence-corrected chi connectivity index (χ2v) is 9.30. The zero-order valence-corrected chi connectivity index (χ0v) is 15.7.